The molecule has 1 atom stereocenters. The predicted octanol–water partition coefficient (Wildman–Crippen LogP) is 2.17. The Kier molecular flexibility index (Phi) is 8.90. The molecule has 162 valence electrons. The summed E-state index contributed by atoms with van der Waals surface area (Å²) in [6, 6.07) is 12.9. The van der Waals surface area contributed by atoms with Gasteiger partial charge in [0.1, 0.15) is 0 Å². The van der Waals surface area contributed by atoms with Gasteiger partial charge in [-0.1, -0.05) is 30.3 Å². The number of guanidine groups is 1. The predicted molar refractivity (Wildman–Crippen MR) is 124 cm³/mol. The normalized spacial score (nSPS) is 16.3. The third-order valence-electron chi connectivity index (χ3n) is 5.47. The summed E-state index contributed by atoms with van der Waals surface area (Å²) in [5.41, 5.74) is 1.38. The zero-order chi connectivity index (χ0) is 21.0. The Morgan fingerprint density at radius 2 is 1.80 bits per heavy atom. The van der Waals surface area contributed by atoms with Gasteiger partial charge in [-0.05, 0) is 44.4 Å². The van der Waals surface area contributed by atoms with Crippen molar-refractivity contribution in [2.45, 2.75) is 32.2 Å². The Morgan fingerprint density at radius 3 is 2.50 bits per heavy atom. The van der Waals surface area contributed by atoms with E-state index in [4.69, 9.17) is 0 Å². The number of rotatable bonds is 9. The highest BCUT2D eigenvalue weighted by Crippen LogP contribution is 2.09. The van der Waals surface area contributed by atoms with Crippen LogP contribution in [0.4, 0.5) is 5.95 Å². The van der Waals surface area contributed by atoms with Crippen molar-refractivity contribution in [1.29, 1.82) is 0 Å². The molecule has 7 nitrogen and oxygen atoms in total. The van der Waals surface area contributed by atoms with Gasteiger partial charge in [0.15, 0.2) is 5.96 Å². The lowest BCUT2D eigenvalue weighted by molar-refractivity contribution is 0.254. The minimum atomic E-state index is 0.379. The standard InChI is InChI=1S/C23H35N7/c1-20(10-11-21-8-4-3-5-9-21)28-22(24-2)25-14-7-15-29-16-18-30(19-17-29)23-26-12-6-13-27-23/h3-6,8-9,12-13,20H,7,10-11,14-19H2,1-2H3,(H2,24,25,28). The molecule has 1 aliphatic heterocycles. The Morgan fingerprint density at radius 1 is 1.07 bits per heavy atom. The van der Waals surface area contributed by atoms with Gasteiger partial charge in [0.05, 0.1) is 0 Å². The fraction of sp³-hybridized carbons (Fsp3) is 0.522. The number of anilines is 1. The summed E-state index contributed by atoms with van der Waals surface area (Å²) >= 11 is 0. The van der Waals surface area contributed by atoms with Crippen LogP contribution in [0.25, 0.3) is 0 Å². The largest absolute Gasteiger partial charge is 0.356 e. The highest BCUT2D eigenvalue weighted by atomic mass is 15.3. The molecule has 0 bridgehead atoms. The molecule has 1 aromatic heterocycles. The van der Waals surface area contributed by atoms with Crippen molar-refractivity contribution in [3.8, 4) is 0 Å². The summed E-state index contributed by atoms with van der Waals surface area (Å²) < 4.78 is 0. The minimum absolute atomic E-state index is 0.379. The number of aryl methyl sites for hydroxylation is 1. The fourth-order valence-electron chi connectivity index (χ4n) is 3.66. The van der Waals surface area contributed by atoms with E-state index in [1.807, 2.05) is 25.5 Å². The minimum Gasteiger partial charge on any atom is -0.356 e. The van der Waals surface area contributed by atoms with Crippen LogP contribution in [0.15, 0.2) is 53.8 Å². The average molecular weight is 410 g/mol. The van der Waals surface area contributed by atoms with E-state index >= 15 is 0 Å². The molecule has 0 saturated carbocycles. The molecule has 1 fully saturated rings. The zero-order valence-corrected chi connectivity index (χ0v) is 18.3. The van der Waals surface area contributed by atoms with Crippen LogP contribution < -0.4 is 15.5 Å². The molecule has 1 aliphatic rings. The van der Waals surface area contributed by atoms with Crippen LogP contribution in [0.2, 0.25) is 0 Å². The van der Waals surface area contributed by atoms with Gasteiger partial charge in [-0.3, -0.25) is 9.89 Å². The molecule has 0 radical (unpaired) electrons. The Labute approximate surface area is 180 Å². The molecular formula is C23H35N7. The molecule has 2 aromatic rings. The van der Waals surface area contributed by atoms with Crippen molar-refractivity contribution in [3.63, 3.8) is 0 Å². The number of hydrogen-bond donors (Lipinski definition) is 2. The van der Waals surface area contributed by atoms with Crippen LogP contribution in [0.5, 0.6) is 0 Å². The summed E-state index contributed by atoms with van der Waals surface area (Å²) in [6.45, 7) is 8.32. The van der Waals surface area contributed by atoms with Crippen LogP contribution >= 0.6 is 0 Å². The highest BCUT2D eigenvalue weighted by molar-refractivity contribution is 5.79. The van der Waals surface area contributed by atoms with Crippen LogP contribution in [-0.4, -0.2) is 73.2 Å². The molecule has 2 N–H and O–H groups in total. The van der Waals surface area contributed by atoms with Gasteiger partial charge in [-0.2, -0.15) is 0 Å². The van der Waals surface area contributed by atoms with Crippen molar-refractivity contribution in [3.05, 3.63) is 54.4 Å². The molecule has 1 saturated heterocycles. The molecular weight excluding hydrogens is 374 g/mol. The molecule has 0 spiro atoms. The molecule has 7 heteroatoms. The molecule has 2 heterocycles. The number of piperazine rings is 1. The summed E-state index contributed by atoms with van der Waals surface area (Å²) in [7, 11) is 1.84. The number of benzene rings is 1. The molecule has 0 aliphatic carbocycles. The van der Waals surface area contributed by atoms with Gasteiger partial charge < -0.3 is 15.5 Å². The van der Waals surface area contributed by atoms with Gasteiger partial charge in [0.25, 0.3) is 0 Å². The van der Waals surface area contributed by atoms with Crippen molar-refractivity contribution < 1.29 is 0 Å². The SMILES string of the molecule is CN=C(NCCCN1CCN(c2ncccn2)CC1)NC(C)CCc1ccccc1. The molecule has 0 amide bonds. The molecule has 3 rings (SSSR count). The summed E-state index contributed by atoms with van der Waals surface area (Å²) in [5, 5.41) is 6.96. The zero-order valence-electron chi connectivity index (χ0n) is 18.3. The van der Waals surface area contributed by atoms with Crippen LogP contribution in [0.3, 0.4) is 0 Å². The van der Waals surface area contributed by atoms with E-state index in [9.17, 15) is 0 Å². The van der Waals surface area contributed by atoms with E-state index in [2.05, 4.69) is 72.6 Å². The van der Waals surface area contributed by atoms with E-state index < -0.39 is 0 Å². The quantitative estimate of drug-likeness (QED) is 0.376. The second kappa shape index (κ2) is 12.1. The van der Waals surface area contributed by atoms with Crippen LogP contribution in [0.1, 0.15) is 25.3 Å². The van der Waals surface area contributed by atoms with Crippen LogP contribution in [0, 0.1) is 0 Å². The second-order valence-corrected chi connectivity index (χ2v) is 7.80. The second-order valence-electron chi connectivity index (χ2n) is 7.80. The Bertz CT molecular complexity index is 743. The topological polar surface area (TPSA) is 68.7 Å². The van der Waals surface area contributed by atoms with E-state index in [0.29, 0.717) is 6.04 Å². The number of nitrogens with zero attached hydrogens (tertiary/aromatic N) is 5. The number of hydrogen-bond acceptors (Lipinski definition) is 5. The maximum absolute atomic E-state index is 4.37. The number of aliphatic imine (C=N–C) groups is 1. The molecule has 1 unspecified atom stereocenters. The summed E-state index contributed by atoms with van der Waals surface area (Å²) in [5.74, 6) is 1.73. The first-order valence-corrected chi connectivity index (χ1v) is 11.0. The first-order valence-electron chi connectivity index (χ1n) is 11.0. The first-order chi connectivity index (χ1) is 14.7. The maximum atomic E-state index is 4.37. The number of nitrogens with one attached hydrogen (secondary N) is 2. The Hall–Kier alpha value is -2.67. The van der Waals surface area contributed by atoms with Crippen molar-refractivity contribution in [2.75, 3.05) is 51.2 Å². The monoisotopic (exact) mass is 409 g/mol. The van der Waals surface area contributed by atoms with Crippen LogP contribution in [-0.2, 0) is 6.42 Å². The fourth-order valence-corrected chi connectivity index (χ4v) is 3.66. The maximum Gasteiger partial charge on any atom is 0.225 e. The third-order valence-corrected chi connectivity index (χ3v) is 5.47. The van der Waals surface area contributed by atoms with Crippen molar-refractivity contribution in [1.82, 2.24) is 25.5 Å². The van der Waals surface area contributed by atoms with E-state index in [-0.39, 0.29) is 0 Å². The van der Waals surface area contributed by atoms with Gasteiger partial charge >= 0.3 is 0 Å². The number of aromatic nitrogens is 2. The van der Waals surface area contributed by atoms with Crippen molar-refractivity contribution in [2.24, 2.45) is 4.99 Å². The lowest BCUT2D eigenvalue weighted by Gasteiger charge is -2.34. The van der Waals surface area contributed by atoms with E-state index in [1.165, 1.54) is 5.56 Å². The lowest BCUT2D eigenvalue weighted by Crippen LogP contribution is -2.48. The molecule has 1 aromatic carbocycles. The smallest absolute Gasteiger partial charge is 0.225 e. The van der Waals surface area contributed by atoms with Gasteiger partial charge in [0, 0.05) is 58.2 Å². The molecule has 30 heavy (non-hydrogen) atoms. The lowest BCUT2D eigenvalue weighted by atomic mass is 10.1. The van der Waals surface area contributed by atoms with Gasteiger partial charge in [-0.15, -0.1) is 0 Å². The third kappa shape index (κ3) is 7.30. The van der Waals surface area contributed by atoms with Gasteiger partial charge in [-0.25, -0.2) is 9.97 Å². The van der Waals surface area contributed by atoms with Crippen molar-refractivity contribution >= 4 is 11.9 Å². The average Bonchev–Trinajstić information content (AvgIpc) is 2.81. The summed E-state index contributed by atoms with van der Waals surface area (Å²) in [6.07, 6.45) is 6.88. The summed E-state index contributed by atoms with van der Waals surface area (Å²) in [4.78, 5) is 17.8. The highest BCUT2D eigenvalue weighted by Gasteiger charge is 2.18. The van der Waals surface area contributed by atoms with E-state index in [0.717, 1.165) is 70.4 Å². The van der Waals surface area contributed by atoms with E-state index in [1.54, 1.807) is 0 Å². The van der Waals surface area contributed by atoms with Gasteiger partial charge in [0.2, 0.25) is 5.95 Å². The Balaban J connectivity index is 1.28. The first kappa shape index (κ1) is 22.0.